The summed E-state index contributed by atoms with van der Waals surface area (Å²) in [6, 6.07) is 6.55. The lowest BCUT2D eigenvalue weighted by atomic mass is 10.1. The molecule has 2 aliphatic heterocycles. The van der Waals surface area contributed by atoms with Gasteiger partial charge in [-0.1, -0.05) is 0 Å². The van der Waals surface area contributed by atoms with Crippen LogP contribution < -0.4 is 20.9 Å². The summed E-state index contributed by atoms with van der Waals surface area (Å²) in [6.07, 6.45) is 0. The lowest BCUT2D eigenvalue weighted by Gasteiger charge is -2.20. The molecule has 18 heteroatoms. The molecular weight excluding hydrogens is 532 g/mol. The number of nitro groups is 2. The van der Waals surface area contributed by atoms with Crippen LogP contribution in [0.15, 0.2) is 36.4 Å². The highest BCUT2D eigenvalue weighted by molar-refractivity contribution is 6.21. The van der Waals surface area contributed by atoms with Gasteiger partial charge in [-0.2, -0.15) is 15.0 Å². The lowest BCUT2D eigenvalue weighted by Crippen LogP contribution is -2.39. The van der Waals surface area contributed by atoms with Crippen molar-refractivity contribution in [3.05, 3.63) is 78.9 Å². The first-order valence-electron chi connectivity index (χ1n) is 11.3. The van der Waals surface area contributed by atoms with Crippen LogP contribution in [0.5, 0.6) is 0 Å². The fraction of sp³-hybridized carbons (Fsp3) is 0.136. The molecule has 0 aliphatic carbocycles. The van der Waals surface area contributed by atoms with Crippen LogP contribution in [0, 0.1) is 20.2 Å². The number of nitrogens with zero attached hydrogens (tertiary/aromatic N) is 7. The van der Waals surface area contributed by atoms with Crippen molar-refractivity contribution in [3.63, 3.8) is 0 Å². The van der Waals surface area contributed by atoms with Crippen molar-refractivity contribution in [3.8, 4) is 0 Å². The van der Waals surface area contributed by atoms with Gasteiger partial charge in [-0.3, -0.25) is 49.2 Å². The summed E-state index contributed by atoms with van der Waals surface area (Å²) in [5.74, 6) is -3.32. The van der Waals surface area contributed by atoms with E-state index in [4.69, 9.17) is 0 Å². The Labute approximate surface area is 222 Å². The zero-order valence-corrected chi connectivity index (χ0v) is 20.3. The number of carbonyl (C=O) groups excluding carboxylic acids is 4. The summed E-state index contributed by atoms with van der Waals surface area (Å²) in [5, 5.41) is 30.0. The van der Waals surface area contributed by atoms with Gasteiger partial charge in [-0.15, -0.1) is 0 Å². The number of hydrogen-bond donors (Lipinski definition) is 3. The van der Waals surface area contributed by atoms with E-state index in [0.717, 1.165) is 40.1 Å². The van der Waals surface area contributed by atoms with Crippen molar-refractivity contribution >= 4 is 52.8 Å². The third-order valence-corrected chi connectivity index (χ3v) is 5.98. The van der Waals surface area contributed by atoms with E-state index in [1.54, 1.807) is 0 Å². The quantitative estimate of drug-likeness (QED) is 0.210. The van der Waals surface area contributed by atoms with E-state index in [1.165, 1.54) is 13.1 Å². The highest BCUT2D eigenvalue weighted by atomic mass is 16.6. The standard InChI is InChI=1S/C22H16N10O8/c1-23-20-26-21(25-9-29-17(34)13-5-3-11(32(39)40)7-15(13)19(29)36)28-22(27-20)30-8-24-16(33)14-6-10(31(37)38)2-4-12(14)18(30)35/h2-7H,8-9H2,1H3,(H,24,33)(H2,23,25,26,27,28). The zero-order valence-electron chi connectivity index (χ0n) is 20.3. The Balaban J connectivity index is 1.41. The fourth-order valence-corrected chi connectivity index (χ4v) is 4.01. The predicted molar refractivity (Wildman–Crippen MR) is 134 cm³/mol. The Morgan fingerprint density at radius 2 is 1.40 bits per heavy atom. The predicted octanol–water partition coefficient (Wildman–Crippen LogP) is 0.743. The molecule has 4 amide bonds. The fourth-order valence-electron chi connectivity index (χ4n) is 4.01. The molecule has 2 aromatic carbocycles. The normalized spacial score (nSPS) is 14.3. The molecule has 3 heterocycles. The minimum Gasteiger partial charge on any atom is -0.357 e. The molecule has 3 N–H and O–H groups in total. The van der Waals surface area contributed by atoms with E-state index in [2.05, 4.69) is 30.9 Å². The summed E-state index contributed by atoms with van der Waals surface area (Å²) in [6.45, 7) is -0.812. The zero-order chi connectivity index (χ0) is 28.7. The molecule has 1 aromatic heterocycles. The second-order valence-electron chi connectivity index (χ2n) is 8.28. The molecule has 0 atom stereocenters. The van der Waals surface area contributed by atoms with Gasteiger partial charge < -0.3 is 16.0 Å². The molecule has 2 aliphatic rings. The first kappa shape index (κ1) is 25.6. The minimum atomic E-state index is -0.768. The summed E-state index contributed by atoms with van der Waals surface area (Å²) < 4.78 is 0. The Morgan fingerprint density at radius 3 is 2.02 bits per heavy atom. The topological polar surface area (TPSA) is 236 Å². The summed E-state index contributed by atoms with van der Waals surface area (Å²) >= 11 is 0. The summed E-state index contributed by atoms with van der Waals surface area (Å²) in [5.41, 5.74) is -1.18. The van der Waals surface area contributed by atoms with E-state index in [-0.39, 0.29) is 58.1 Å². The van der Waals surface area contributed by atoms with Gasteiger partial charge in [0.1, 0.15) is 13.3 Å². The van der Waals surface area contributed by atoms with Crippen molar-refractivity contribution in [1.29, 1.82) is 0 Å². The third-order valence-electron chi connectivity index (χ3n) is 5.98. The maximum absolute atomic E-state index is 13.3. The van der Waals surface area contributed by atoms with Gasteiger partial charge in [-0.05, 0) is 12.1 Å². The molecule has 0 spiro atoms. The monoisotopic (exact) mass is 548 g/mol. The van der Waals surface area contributed by atoms with Crippen LogP contribution in [0.3, 0.4) is 0 Å². The van der Waals surface area contributed by atoms with E-state index >= 15 is 0 Å². The van der Waals surface area contributed by atoms with Crippen LogP contribution in [-0.4, -0.2) is 73.7 Å². The second kappa shape index (κ2) is 9.67. The molecule has 0 saturated heterocycles. The van der Waals surface area contributed by atoms with Gasteiger partial charge in [0.2, 0.25) is 17.8 Å². The van der Waals surface area contributed by atoms with Gasteiger partial charge in [0.25, 0.3) is 35.0 Å². The number of aromatic nitrogens is 3. The molecule has 5 rings (SSSR count). The van der Waals surface area contributed by atoms with Gasteiger partial charge in [0, 0.05) is 31.3 Å². The average molecular weight is 548 g/mol. The highest BCUT2D eigenvalue weighted by Crippen LogP contribution is 2.27. The number of benzene rings is 2. The molecule has 0 fully saturated rings. The first-order valence-corrected chi connectivity index (χ1v) is 11.3. The molecule has 40 heavy (non-hydrogen) atoms. The van der Waals surface area contributed by atoms with Crippen LogP contribution in [0.2, 0.25) is 0 Å². The molecule has 0 radical (unpaired) electrons. The van der Waals surface area contributed by atoms with Crippen molar-refractivity contribution < 1.29 is 29.0 Å². The first-order chi connectivity index (χ1) is 19.1. The van der Waals surface area contributed by atoms with Gasteiger partial charge in [0.05, 0.1) is 32.1 Å². The number of rotatable bonds is 7. The number of non-ortho nitro benzene ring substituents is 2. The third kappa shape index (κ3) is 4.34. The number of fused-ring (bicyclic) bond motifs is 2. The van der Waals surface area contributed by atoms with Crippen LogP contribution in [0.4, 0.5) is 29.2 Å². The number of nitro benzene ring substituents is 2. The Bertz CT molecular complexity index is 1660. The van der Waals surface area contributed by atoms with Gasteiger partial charge in [-0.25, -0.2) is 0 Å². The van der Waals surface area contributed by atoms with E-state index in [1.807, 2.05) is 0 Å². The number of carbonyl (C=O) groups is 4. The maximum atomic E-state index is 13.3. The smallest absolute Gasteiger partial charge is 0.270 e. The Hall–Kier alpha value is -6.07. The maximum Gasteiger partial charge on any atom is 0.270 e. The molecule has 0 unspecified atom stereocenters. The minimum absolute atomic E-state index is 0.00513. The molecule has 202 valence electrons. The summed E-state index contributed by atoms with van der Waals surface area (Å²) in [7, 11) is 1.49. The SMILES string of the molecule is CNc1nc(NCN2C(=O)c3ccc([N+](=O)[O-])cc3C2=O)nc(N2CNC(=O)c3cc([N+](=O)[O-])ccc3C2=O)n1. The van der Waals surface area contributed by atoms with E-state index in [0.29, 0.717) is 0 Å². The lowest BCUT2D eigenvalue weighted by molar-refractivity contribution is -0.385. The van der Waals surface area contributed by atoms with Crippen LogP contribution in [0.1, 0.15) is 41.4 Å². The van der Waals surface area contributed by atoms with E-state index < -0.39 is 40.1 Å². The number of hydrogen-bond acceptors (Lipinski definition) is 13. The van der Waals surface area contributed by atoms with Crippen molar-refractivity contribution in [2.45, 2.75) is 0 Å². The number of nitrogens with one attached hydrogen (secondary N) is 3. The molecule has 3 aromatic rings. The van der Waals surface area contributed by atoms with Gasteiger partial charge >= 0.3 is 0 Å². The Morgan fingerprint density at radius 1 is 0.825 bits per heavy atom. The molecular formula is C22H16N10O8. The number of amides is 4. The number of anilines is 3. The largest absolute Gasteiger partial charge is 0.357 e. The van der Waals surface area contributed by atoms with Crippen LogP contribution in [0.25, 0.3) is 0 Å². The number of imide groups is 1. The Kier molecular flexibility index (Phi) is 6.18. The van der Waals surface area contributed by atoms with Gasteiger partial charge in [0.15, 0.2) is 0 Å². The van der Waals surface area contributed by atoms with Crippen molar-refractivity contribution in [2.24, 2.45) is 0 Å². The second-order valence-corrected chi connectivity index (χ2v) is 8.28. The van der Waals surface area contributed by atoms with Crippen LogP contribution >= 0.6 is 0 Å². The van der Waals surface area contributed by atoms with Crippen molar-refractivity contribution in [2.75, 3.05) is 35.9 Å². The van der Waals surface area contributed by atoms with Crippen LogP contribution in [-0.2, 0) is 0 Å². The molecule has 0 saturated carbocycles. The van der Waals surface area contributed by atoms with E-state index in [9.17, 15) is 39.4 Å². The molecule has 18 nitrogen and oxygen atoms in total. The highest BCUT2D eigenvalue weighted by Gasteiger charge is 2.37. The molecule has 0 bridgehead atoms. The average Bonchev–Trinajstić information content (AvgIpc) is 3.10. The summed E-state index contributed by atoms with van der Waals surface area (Å²) in [4.78, 5) is 86.4. The van der Waals surface area contributed by atoms with Crippen molar-refractivity contribution in [1.82, 2.24) is 25.2 Å².